The van der Waals surface area contributed by atoms with Crippen LogP contribution in [0.3, 0.4) is 0 Å². The van der Waals surface area contributed by atoms with E-state index in [1.807, 2.05) is 41.8 Å². The second-order valence-corrected chi connectivity index (χ2v) is 7.05. The van der Waals surface area contributed by atoms with Crippen LogP contribution in [0.25, 0.3) is 11.3 Å². The minimum Gasteiger partial charge on any atom is -0.859 e. The maximum atomic E-state index is 12.6. The first kappa shape index (κ1) is 19.5. The second-order valence-electron chi connectivity index (χ2n) is 6.62. The number of benzene rings is 2. The highest BCUT2D eigenvalue weighted by atomic mass is 35.5. The zero-order valence-electron chi connectivity index (χ0n) is 15.1. The molecule has 0 aliphatic carbocycles. The summed E-state index contributed by atoms with van der Waals surface area (Å²) in [7, 11) is 0. The molecule has 27 heavy (non-hydrogen) atoms. The SMILES string of the molecule is Cc1ccc(Cl)cc1N=C([O-])C[n+]1cc(-c2ccccc2)n2c1CCC2.Cl. The molecule has 4 nitrogen and oxygen atoms in total. The van der Waals surface area contributed by atoms with Gasteiger partial charge in [-0.25, -0.2) is 9.13 Å². The van der Waals surface area contributed by atoms with Crippen molar-refractivity contribution in [2.75, 3.05) is 0 Å². The largest absolute Gasteiger partial charge is 0.859 e. The lowest BCUT2D eigenvalue weighted by Gasteiger charge is -2.10. The first-order valence-electron chi connectivity index (χ1n) is 8.80. The summed E-state index contributed by atoms with van der Waals surface area (Å²) in [6.45, 7) is 3.17. The van der Waals surface area contributed by atoms with Crippen molar-refractivity contribution in [2.45, 2.75) is 32.9 Å². The molecular weight excluding hydrogens is 381 g/mol. The van der Waals surface area contributed by atoms with Crippen LogP contribution >= 0.6 is 24.0 Å². The summed E-state index contributed by atoms with van der Waals surface area (Å²) >= 11 is 6.03. The third kappa shape index (κ3) is 4.02. The number of nitrogens with zero attached hydrogens (tertiary/aromatic N) is 3. The molecule has 140 valence electrons. The summed E-state index contributed by atoms with van der Waals surface area (Å²) in [4.78, 5) is 4.27. The van der Waals surface area contributed by atoms with Crippen LogP contribution in [0.15, 0.2) is 59.7 Å². The van der Waals surface area contributed by atoms with Crippen LogP contribution in [0, 0.1) is 6.92 Å². The molecule has 0 unspecified atom stereocenters. The van der Waals surface area contributed by atoms with Crippen molar-refractivity contribution in [3.05, 3.63) is 71.1 Å². The number of hydrogen-bond acceptors (Lipinski definition) is 2. The molecule has 2 aromatic carbocycles. The molecule has 0 saturated carbocycles. The van der Waals surface area contributed by atoms with Crippen molar-refractivity contribution in [2.24, 2.45) is 4.99 Å². The number of halogens is 2. The smallest absolute Gasteiger partial charge is 0.257 e. The fourth-order valence-corrected chi connectivity index (χ4v) is 3.67. The van der Waals surface area contributed by atoms with Gasteiger partial charge in [-0.2, -0.15) is 0 Å². The summed E-state index contributed by atoms with van der Waals surface area (Å²) in [5.41, 5.74) is 3.91. The Bertz CT molecular complexity index is 981. The summed E-state index contributed by atoms with van der Waals surface area (Å²) in [6, 6.07) is 15.7. The highest BCUT2D eigenvalue weighted by Gasteiger charge is 2.28. The molecular formula is C21H21Cl2N3O. The van der Waals surface area contributed by atoms with Crippen molar-refractivity contribution < 1.29 is 9.67 Å². The number of fused-ring (bicyclic) bond motifs is 1. The van der Waals surface area contributed by atoms with Gasteiger partial charge in [0.15, 0.2) is 5.69 Å². The van der Waals surface area contributed by atoms with Gasteiger partial charge in [-0.05, 0) is 31.0 Å². The molecule has 0 fully saturated rings. The molecule has 3 aromatic rings. The number of aliphatic imine (C=N–C) groups is 1. The van der Waals surface area contributed by atoms with Crippen LogP contribution in [0.2, 0.25) is 5.02 Å². The van der Waals surface area contributed by atoms with Gasteiger partial charge >= 0.3 is 0 Å². The fraction of sp³-hybridized carbons (Fsp3) is 0.238. The standard InChI is InChI=1S/C21H20ClN3O.ClH/c1-15-9-10-17(22)12-18(15)23-20(26)14-24-13-19(16-6-3-2-4-7-16)25-11-5-8-21(24)25;/h2-4,6-7,9-10,12-13H,5,8,11,14H2,1H3;1H. The van der Waals surface area contributed by atoms with E-state index in [2.05, 4.69) is 27.9 Å². The lowest BCUT2D eigenvalue weighted by molar-refractivity contribution is -0.693. The molecule has 0 spiro atoms. The summed E-state index contributed by atoms with van der Waals surface area (Å²) in [6.07, 6.45) is 4.16. The predicted octanol–water partition coefficient (Wildman–Crippen LogP) is 3.86. The van der Waals surface area contributed by atoms with Gasteiger partial charge in [-0.1, -0.05) is 48.0 Å². The van der Waals surface area contributed by atoms with Gasteiger partial charge in [0, 0.05) is 16.5 Å². The van der Waals surface area contributed by atoms with E-state index in [1.54, 1.807) is 6.07 Å². The van der Waals surface area contributed by atoms with E-state index < -0.39 is 0 Å². The Labute approximate surface area is 170 Å². The third-order valence-electron chi connectivity index (χ3n) is 4.79. The number of hydrogen-bond donors (Lipinski definition) is 0. The molecule has 1 aliphatic rings. The fourth-order valence-electron chi connectivity index (χ4n) is 3.50. The van der Waals surface area contributed by atoms with E-state index in [9.17, 15) is 5.11 Å². The van der Waals surface area contributed by atoms with Crippen LogP contribution in [0.4, 0.5) is 5.69 Å². The van der Waals surface area contributed by atoms with E-state index >= 15 is 0 Å². The molecule has 2 heterocycles. The van der Waals surface area contributed by atoms with E-state index in [0.717, 1.165) is 30.6 Å². The number of imidazole rings is 1. The Balaban J connectivity index is 0.00000210. The third-order valence-corrected chi connectivity index (χ3v) is 5.02. The number of aryl methyl sites for hydroxylation is 1. The average Bonchev–Trinajstić information content (AvgIpc) is 3.23. The predicted molar refractivity (Wildman–Crippen MR) is 109 cm³/mol. The highest BCUT2D eigenvalue weighted by molar-refractivity contribution is 6.30. The average molecular weight is 402 g/mol. The van der Waals surface area contributed by atoms with E-state index in [4.69, 9.17) is 11.6 Å². The van der Waals surface area contributed by atoms with E-state index in [-0.39, 0.29) is 24.8 Å². The quantitative estimate of drug-likeness (QED) is 0.371. The molecule has 1 aliphatic heterocycles. The first-order valence-corrected chi connectivity index (χ1v) is 9.17. The molecule has 0 saturated heterocycles. The lowest BCUT2D eigenvalue weighted by Crippen LogP contribution is -2.43. The van der Waals surface area contributed by atoms with Gasteiger partial charge in [0.05, 0.1) is 18.7 Å². The molecule has 0 bridgehead atoms. The monoisotopic (exact) mass is 401 g/mol. The summed E-state index contributed by atoms with van der Waals surface area (Å²) in [5, 5.41) is 13.1. The van der Waals surface area contributed by atoms with Crippen molar-refractivity contribution in [3.8, 4) is 11.3 Å². The Morgan fingerprint density at radius 3 is 2.78 bits per heavy atom. The summed E-state index contributed by atoms with van der Waals surface area (Å²) < 4.78 is 4.36. The minimum absolute atomic E-state index is 0. The van der Waals surface area contributed by atoms with Gasteiger partial charge in [-0.15, -0.1) is 12.4 Å². The number of rotatable bonds is 4. The first-order chi connectivity index (χ1) is 12.6. The minimum atomic E-state index is -0.166. The molecule has 4 rings (SSSR count). The Morgan fingerprint density at radius 2 is 2.00 bits per heavy atom. The lowest BCUT2D eigenvalue weighted by atomic mass is 10.2. The van der Waals surface area contributed by atoms with Crippen LogP contribution < -0.4 is 9.67 Å². The van der Waals surface area contributed by atoms with Crippen LogP contribution in [0.5, 0.6) is 0 Å². The Morgan fingerprint density at radius 1 is 1.22 bits per heavy atom. The zero-order valence-corrected chi connectivity index (χ0v) is 16.6. The molecule has 0 radical (unpaired) electrons. The second kappa shape index (κ2) is 8.15. The zero-order chi connectivity index (χ0) is 18.1. The van der Waals surface area contributed by atoms with Crippen molar-refractivity contribution >= 4 is 35.6 Å². The van der Waals surface area contributed by atoms with Gasteiger partial charge < -0.3 is 5.11 Å². The van der Waals surface area contributed by atoms with Crippen LogP contribution in [-0.2, 0) is 19.5 Å². The van der Waals surface area contributed by atoms with Gasteiger partial charge in [0.25, 0.3) is 5.82 Å². The molecule has 0 atom stereocenters. The van der Waals surface area contributed by atoms with Crippen molar-refractivity contribution in [3.63, 3.8) is 0 Å². The summed E-state index contributed by atoms with van der Waals surface area (Å²) in [5.74, 6) is 1.02. The van der Waals surface area contributed by atoms with Gasteiger partial charge in [-0.3, -0.25) is 4.99 Å². The van der Waals surface area contributed by atoms with Crippen molar-refractivity contribution in [1.82, 2.24) is 4.57 Å². The van der Waals surface area contributed by atoms with Crippen LogP contribution in [0.1, 0.15) is 17.8 Å². The van der Waals surface area contributed by atoms with Crippen LogP contribution in [-0.4, -0.2) is 10.5 Å². The van der Waals surface area contributed by atoms with Gasteiger partial charge in [0.1, 0.15) is 12.7 Å². The van der Waals surface area contributed by atoms with Crippen molar-refractivity contribution in [1.29, 1.82) is 0 Å². The normalized spacial score (nSPS) is 13.3. The molecule has 0 N–H and O–H groups in total. The van der Waals surface area contributed by atoms with E-state index in [0.29, 0.717) is 10.7 Å². The Kier molecular flexibility index (Phi) is 5.88. The number of aromatic nitrogens is 2. The van der Waals surface area contributed by atoms with Gasteiger partial charge in [0.2, 0.25) is 0 Å². The molecule has 0 amide bonds. The van der Waals surface area contributed by atoms with E-state index in [1.165, 1.54) is 11.4 Å². The Hall–Kier alpha value is -2.30. The molecule has 6 heteroatoms. The topological polar surface area (TPSA) is 44.2 Å². The maximum Gasteiger partial charge on any atom is 0.257 e. The maximum absolute atomic E-state index is 12.6. The highest BCUT2D eigenvalue weighted by Crippen LogP contribution is 2.25. The molecule has 1 aromatic heterocycles.